The van der Waals surface area contributed by atoms with E-state index in [9.17, 15) is 27.2 Å². The molecule has 12 heteroatoms. The Morgan fingerprint density at radius 3 is 2.30 bits per heavy atom. The van der Waals surface area contributed by atoms with Crippen molar-refractivity contribution in [2.45, 2.75) is 6.18 Å². The van der Waals surface area contributed by atoms with Crippen molar-refractivity contribution in [1.29, 1.82) is 0 Å². The van der Waals surface area contributed by atoms with Crippen molar-refractivity contribution < 1.29 is 27.2 Å². The van der Waals surface area contributed by atoms with Crippen LogP contribution in [-0.4, -0.2) is 16.9 Å². The number of nitrogens with zero attached hydrogens (tertiary/aromatic N) is 1. The van der Waals surface area contributed by atoms with Gasteiger partial charge in [0.1, 0.15) is 11.5 Å². The molecule has 1 aromatic heterocycles. The third-order valence-corrected chi connectivity index (χ3v) is 4.60. The highest BCUT2D eigenvalue weighted by atomic mass is 35.5. The van der Waals surface area contributed by atoms with Crippen LogP contribution in [0.2, 0.25) is 5.02 Å². The fourth-order valence-corrected chi connectivity index (χ4v) is 3.06. The molecule has 3 rings (SSSR count). The van der Waals surface area contributed by atoms with Gasteiger partial charge in [-0.15, -0.1) is 11.3 Å². The van der Waals surface area contributed by atoms with Crippen LogP contribution < -0.4 is 16.0 Å². The molecule has 0 spiro atoms. The summed E-state index contributed by atoms with van der Waals surface area (Å²) in [5, 5.41) is 9.06. The maximum absolute atomic E-state index is 13.3. The van der Waals surface area contributed by atoms with Gasteiger partial charge in [0.05, 0.1) is 5.56 Å². The minimum absolute atomic E-state index is 0.0849. The molecule has 0 unspecified atom stereocenters. The summed E-state index contributed by atoms with van der Waals surface area (Å²) in [6.07, 6.45) is -4.90. The molecule has 0 saturated carbocycles. The Morgan fingerprint density at radius 2 is 1.63 bits per heavy atom. The van der Waals surface area contributed by atoms with E-state index in [0.717, 1.165) is 17.4 Å². The minimum atomic E-state index is -4.90. The van der Waals surface area contributed by atoms with Gasteiger partial charge in [0.15, 0.2) is 5.13 Å². The Labute approximate surface area is 175 Å². The van der Waals surface area contributed by atoms with Crippen LogP contribution in [0.25, 0.3) is 0 Å². The Kier molecular flexibility index (Phi) is 6.22. The van der Waals surface area contributed by atoms with E-state index in [1.165, 1.54) is 5.38 Å². The van der Waals surface area contributed by atoms with Crippen LogP contribution in [0.1, 0.15) is 16.1 Å². The van der Waals surface area contributed by atoms with Crippen molar-refractivity contribution in [2.75, 3.05) is 16.0 Å². The molecule has 30 heavy (non-hydrogen) atoms. The van der Waals surface area contributed by atoms with Gasteiger partial charge in [-0.1, -0.05) is 11.6 Å². The second-order valence-electron chi connectivity index (χ2n) is 5.77. The summed E-state index contributed by atoms with van der Waals surface area (Å²) in [6.45, 7) is 0. The molecule has 0 saturated heterocycles. The minimum Gasteiger partial charge on any atom is -0.321 e. The van der Waals surface area contributed by atoms with Crippen molar-refractivity contribution in [3.63, 3.8) is 0 Å². The average molecular weight is 459 g/mol. The van der Waals surface area contributed by atoms with E-state index >= 15 is 0 Å². The first-order valence-electron chi connectivity index (χ1n) is 8.09. The van der Waals surface area contributed by atoms with E-state index in [4.69, 9.17) is 11.6 Å². The Morgan fingerprint density at radius 1 is 0.967 bits per heavy atom. The summed E-state index contributed by atoms with van der Waals surface area (Å²) >= 11 is 6.69. The second kappa shape index (κ2) is 8.67. The maximum Gasteiger partial charge on any atom is 0.419 e. The normalized spacial score (nSPS) is 11.1. The highest BCUT2D eigenvalue weighted by Crippen LogP contribution is 2.33. The highest BCUT2D eigenvalue weighted by Gasteiger charge is 2.34. The molecule has 0 fully saturated rings. The van der Waals surface area contributed by atoms with Gasteiger partial charge >= 0.3 is 12.2 Å². The summed E-state index contributed by atoms with van der Waals surface area (Å²) < 4.78 is 51.7. The number of rotatable bonds is 4. The molecule has 0 aliphatic heterocycles. The van der Waals surface area contributed by atoms with Crippen LogP contribution >= 0.6 is 22.9 Å². The lowest BCUT2D eigenvalue weighted by Gasteiger charge is -2.10. The van der Waals surface area contributed by atoms with Gasteiger partial charge in [-0.25, -0.2) is 14.2 Å². The molecule has 3 aromatic rings. The van der Waals surface area contributed by atoms with Crippen molar-refractivity contribution in [3.05, 3.63) is 69.9 Å². The summed E-state index contributed by atoms with van der Waals surface area (Å²) in [6, 6.07) is 7.80. The number of anilines is 3. The van der Waals surface area contributed by atoms with E-state index in [-0.39, 0.29) is 16.5 Å². The SMILES string of the molecule is O=C(Nc1ccc(Cl)cc1)Nc1nc(C(=O)Nc2ccc(F)c(C(F)(F)F)c2)cs1. The number of benzene rings is 2. The molecular weight excluding hydrogens is 448 g/mol. The summed E-state index contributed by atoms with van der Waals surface area (Å²) in [4.78, 5) is 28.1. The van der Waals surface area contributed by atoms with Gasteiger partial charge in [0, 0.05) is 21.8 Å². The van der Waals surface area contributed by atoms with Gasteiger partial charge in [-0.2, -0.15) is 13.2 Å². The Balaban J connectivity index is 1.63. The predicted molar refractivity (Wildman–Crippen MR) is 106 cm³/mol. The highest BCUT2D eigenvalue weighted by molar-refractivity contribution is 7.14. The molecule has 2 aromatic carbocycles. The molecule has 156 valence electrons. The van der Waals surface area contributed by atoms with Crippen LogP contribution in [0.15, 0.2) is 47.8 Å². The first kappa shape index (κ1) is 21.5. The smallest absolute Gasteiger partial charge is 0.321 e. The third kappa shape index (κ3) is 5.45. The number of hydrogen-bond acceptors (Lipinski definition) is 4. The number of urea groups is 1. The third-order valence-electron chi connectivity index (χ3n) is 3.59. The van der Waals surface area contributed by atoms with E-state index < -0.39 is 29.5 Å². The lowest BCUT2D eigenvalue weighted by Crippen LogP contribution is -2.19. The zero-order valence-electron chi connectivity index (χ0n) is 14.7. The van der Waals surface area contributed by atoms with Gasteiger partial charge in [-0.3, -0.25) is 10.1 Å². The number of carbonyl (C=O) groups is 2. The molecular formula is C18H11ClF4N4O2S. The number of hydrogen-bond donors (Lipinski definition) is 3. The zero-order valence-corrected chi connectivity index (χ0v) is 16.3. The fourth-order valence-electron chi connectivity index (χ4n) is 2.24. The number of halogens is 5. The Hall–Kier alpha value is -3.18. The first-order valence-corrected chi connectivity index (χ1v) is 9.35. The molecule has 3 N–H and O–H groups in total. The average Bonchev–Trinajstić information content (AvgIpc) is 3.13. The number of amides is 3. The van der Waals surface area contributed by atoms with E-state index in [1.807, 2.05) is 0 Å². The molecule has 0 aliphatic rings. The van der Waals surface area contributed by atoms with Crippen molar-refractivity contribution in [2.24, 2.45) is 0 Å². The van der Waals surface area contributed by atoms with Gasteiger partial charge < -0.3 is 10.6 Å². The van der Waals surface area contributed by atoms with Crippen molar-refractivity contribution >= 4 is 51.4 Å². The van der Waals surface area contributed by atoms with Crippen LogP contribution in [0.4, 0.5) is 38.9 Å². The fraction of sp³-hybridized carbons (Fsp3) is 0.0556. The first-order chi connectivity index (χ1) is 14.1. The van der Waals surface area contributed by atoms with Crippen molar-refractivity contribution in [1.82, 2.24) is 4.98 Å². The standard InChI is InChI=1S/C18H11ClF4N4O2S/c19-9-1-3-10(4-2-9)25-16(29)27-17-26-14(8-30-17)15(28)24-11-5-6-13(20)12(7-11)18(21,22)23/h1-8H,(H,24,28)(H2,25,26,27,29). The number of alkyl halides is 3. The topological polar surface area (TPSA) is 83.1 Å². The number of thiazole rings is 1. The number of carbonyl (C=O) groups excluding carboxylic acids is 2. The molecule has 0 bridgehead atoms. The molecule has 0 atom stereocenters. The maximum atomic E-state index is 13.3. The number of aromatic nitrogens is 1. The molecule has 0 radical (unpaired) electrons. The lowest BCUT2D eigenvalue weighted by molar-refractivity contribution is -0.139. The molecule has 6 nitrogen and oxygen atoms in total. The quantitative estimate of drug-likeness (QED) is 0.429. The Bertz CT molecular complexity index is 1090. The molecule has 0 aliphatic carbocycles. The van der Waals surface area contributed by atoms with Crippen LogP contribution in [0.5, 0.6) is 0 Å². The summed E-state index contributed by atoms with van der Waals surface area (Å²) in [5.41, 5.74) is -1.42. The van der Waals surface area contributed by atoms with Crippen LogP contribution in [0.3, 0.4) is 0 Å². The van der Waals surface area contributed by atoms with Crippen LogP contribution in [-0.2, 0) is 6.18 Å². The largest absolute Gasteiger partial charge is 0.419 e. The van der Waals surface area contributed by atoms with E-state index in [0.29, 0.717) is 22.8 Å². The molecule has 1 heterocycles. The van der Waals surface area contributed by atoms with Crippen LogP contribution in [0, 0.1) is 5.82 Å². The monoisotopic (exact) mass is 458 g/mol. The van der Waals surface area contributed by atoms with Gasteiger partial charge in [0.25, 0.3) is 5.91 Å². The zero-order chi connectivity index (χ0) is 21.9. The van der Waals surface area contributed by atoms with Gasteiger partial charge in [0.2, 0.25) is 0 Å². The number of nitrogens with one attached hydrogen (secondary N) is 3. The molecule has 3 amide bonds. The summed E-state index contributed by atoms with van der Waals surface area (Å²) in [5.74, 6) is -2.27. The van der Waals surface area contributed by atoms with E-state index in [1.54, 1.807) is 24.3 Å². The summed E-state index contributed by atoms with van der Waals surface area (Å²) in [7, 11) is 0. The van der Waals surface area contributed by atoms with Crippen molar-refractivity contribution in [3.8, 4) is 0 Å². The second-order valence-corrected chi connectivity index (χ2v) is 7.06. The van der Waals surface area contributed by atoms with Gasteiger partial charge in [-0.05, 0) is 42.5 Å². The lowest BCUT2D eigenvalue weighted by atomic mass is 10.2. The predicted octanol–water partition coefficient (Wildman–Crippen LogP) is 5.85. The van der Waals surface area contributed by atoms with E-state index in [2.05, 4.69) is 20.9 Å².